The maximum absolute atomic E-state index is 13.4. The number of hydrogen-bond donors (Lipinski definition) is 1. The average molecular weight is 393 g/mol. The molecule has 0 atom stereocenters. The summed E-state index contributed by atoms with van der Waals surface area (Å²) in [7, 11) is 0. The molecule has 0 saturated carbocycles. The van der Waals surface area contributed by atoms with Crippen molar-refractivity contribution in [3.05, 3.63) is 95.3 Å². The van der Waals surface area contributed by atoms with Gasteiger partial charge in [-0.1, -0.05) is 41.9 Å². The van der Waals surface area contributed by atoms with Crippen LogP contribution in [-0.2, 0) is 0 Å². The smallest absolute Gasteiger partial charge is 0.340 e. The molecule has 4 rings (SSSR count). The molecule has 1 N–H and O–H groups in total. The van der Waals surface area contributed by atoms with Crippen molar-refractivity contribution in [1.82, 2.24) is 9.78 Å². The third kappa shape index (κ3) is 3.28. The van der Waals surface area contributed by atoms with Gasteiger partial charge in [0, 0.05) is 16.1 Å². The minimum absolute atomic E-state index is 0.0489. The predicted octanol–water partition coefficient (Wildman–Crippen LogP) is 5.70. The van der Waals surface area contributed by atoms with E-state index in [1.807, 2.05) is 30.3 Å². The highest BCUT2D eigenvalue weighted by Crippen LogP contribution is 2.34. The summed E-state index contributed by atoms with van der Waals surface area (Å²) < 4.78 is 14.9. The minimum Gasteiger partial charge on any atom is -0.478 e. The van der Waals surface area contributed by atoms with E-state index in [9.17, 15) is 14.3 Å². The van der Waals surface area contributed by atoms with Crippen LogP contribution >= 0.6 is 11.6 Å². The number of carboxylic acid groups (broad SMARTS) is 1. The van der Waals surface area contributed by atoms with Gasteiger partial charge in [0.05, 0.1) is 11.4 Å². The van der Waals surface area contributed by atoms with Crippen LogP contribution in [0.3, 0.4) is 0 Å². The molecule has 0 aliphatic rings. The van der Waals surface area contributed by atoms with Crippen LogP contribution in [0.1, 0.15) is 10.4 Å². The Kier molecular flexibility index (Phi) is 4.67. The lowest BCUT2D eigenvalue weighted by Gasteiger charge is -2.09. The molecule has 138 valence electrons. The largest absolute Gasteiger partial charge is 0.478 e. The highest BCUT2D eigenvalue weighted by Gasteiger charge is 2.26. The van der Waals surface area contributed by atoms with Crippen molar-refractivity contribution in [1.29, 1.82) is 0 Å². The molecule has 0 unspecified atom stereocenters. The van der Waals surface area contributed by atoms with Crippen molar-refractivity contribution in [3.8, 4) is 28.2 Å². The zero-order chi connectivity index (χ0) is 19.7. The Morgan fingerprint density at radius 3 is 2.14 bits per heavy atom. The maximum atomic E-state index is 13.4. The molecule has 4 nitrogen and oxygen atoms in total. The highest BCUT2D eigenvalue weighted by molar-refractivity contribution is 6.30. The Morgan fingerprint density at radius 2 is 1.54 bits per heavy atom. The topological polar surface area (TPSA) is 55.1 Å². The van der Waals surface area contributed by atoms with E-state index in [4.69, 9.17) is 11.6 Å². The van der Waals surface area contributed by atoms with Gasteiger partial charge in [-0.3, -0.25) is 0 Å². The van der Waals surface area contributed by atoms with Crippen LogP contribution < -0.4 is 0 Å². The molecule has 0 aliphatic heterocycles. The Hall–Kier alpha value is -3.44. The van der Waals surface area contributed by atoms with Crippen LogP contribution in [-0.4, -0.2) is 20.9 Å². The SMILES string of the molecule is O=C(O)c1c(-c2ccc(F)cc2)nn(-c2ccc(Cl)cc2)c1-c1ccccc1. The van der Waals surface area contributed by atoms with E-state index in [0.717, 1.165) is 0 Å². The van der Waals surface area contributed by atoms with Crippen molar-refractivity contribution < 1.29 is 14.3 Å². The second-order valence-electron chi connectivity index (χ2n) is 6.14. The molecule has 1 heterocycles. The normalized spacial score (nSPS) is 10.8. The first-order valence-electron chi connectivity index (χ1n) is 8.48. The molecular weight excluding hydrogens is 379 g/mol. The van der Waals surface area contributed by atoms with Gasteiger partial charge in [-0.15, -0.1) is 0 Å². The number of hydrogen-bond acceptors (Lipinski definition) is 2. The summed E-state index contributed by atoms with van der Waals surface area (Å²) in [5.41, 5.74) is 2.64. The van der Waals surface area contributed by atoms with Crippen molar-refractivity contribution in [3.63, 3.8) is 0 Å². The summed E-state index contributed by atoms with van der Waals surface area (Å²) in [6.07, 6.45) is 0. The number of aromatic carboxylic acids is 1. The van der Waals surface area contributed by atoms with Gasteiger partial charge in [-0.05, 0) is 48.5 Å². The highest BCUT2D eigenvalue weighted by atomic mass is 35.5. The number of halogens is 2. The number of aromatic nitrogens is 2. The fourth-order valence-corrected chi connectivity index (χ4v) is 3.19. The van der Waals surface area contributed by atoms with Crippen LogP contribution in [0.5, 0.6) is 0 Å². The van der Waals surface area contributed by atoms with Gasteiger partial charge in [0.25, 0.3) is 0 Å². The van der Waals surface area contributed by atoms with Gasteiger partial charge in [0.2, 0.25) is 0 Å². The Morgan fingerprint density at radius 1 is 0.893 bits per heavy atom. The molecule has 0 fully saturated rings. The zero-order valence-electron chi connectivity index (χ0n) is 14.5. The second kappa shape index (κ2) is 7.29. The van der Waals surface area contributed by atoms with Gasteiger partial charge in [0.15, 0.2) is 0 Å². The maximum Gasteiger partial charge on any atom is 0.340 e. The molecule has 4 aromatic rings. The molecule has 0 saturated heterocycles. The van der Waals surface area contributed by atoms with Crippen molar-refractivity contribution >= 4 is 17.6 Å². The number of nitrogens with zero attached hydrogens (tertiary/aromatic N) is 2. The summed E-state index contributed by atoms with van der Waals surface area (Å²) in [6, 6.07) is 21.7. The molecule has 1 aromatic heterocycles. The summed E-state index contributed by atoms with van der Waals surface area (Å²) in [4.78, 5) is 12.2. The van der Waals surface area contributed by atoms with Crippen LogP contribution in [0.15, 0.2) is 78.9 Å². The molecule has 0 radical (unpaired) electrons. The molecule has 0 bridgehead atoms. The fraction of sp³-hybridized carbons (Fsp3) is 0. The lowest BCUT2D eigenvalue weighted by Crippen LogP contribution is -2.03. The van der Waals surface area contributed by atoms with Gasteiger partial charge in [0.1, 0.15) is 17.1 Å². The van der Waals surface area contributed by atoms with Crippen LogP contribution in [0, 0.1) is 5.82 Å². The number of carbonyl (C=O) groups is 1. The summed E-state index contributed by atoms with van der Waals surface area (Å²) in [5, 5.41) is 15.1. The Balaban J connectivity index is 2.04. The van der Waals surface area contributed by atoms with Crippen molar-refractivity contribution in [2.75, 3.05) is 0 Å². The zero-order valence-corrected chi connectivity index (χ0v) is 15.3. The molecule has 28 heavy (non-hydrogen) atoms. The van der Waals surface area contributed by atoms with E-state index in [0.29, 0.717) is 27.5 Å². The van der Waals surface area contributed by atoms with Gasteiger partial charge < -0.3 is 5.11 Å². The molecule has 0 amide bonds. The predicted molar refractivity (Wildman–Crippen MR) is 106 cm³/mol. The van der Waals surface area contributed by atoms with E-state index >= 15 is 0 Å². The first kappa shape index (κ1) is 17.9. The van der Waals surface area contributed by atoms with E-state index in [1.165, 1.54) is 24.3 Å². The standard InChI is InChI=1S/C22H14ClFN2O2/c23-16-8-12-18(13-9-16)26-21(15-4-2-1-3-5-15)19(22(27)28)20(25-26)14-6-10-17(24)11-7-14/h1-13H,(H,27,28). The summed E-state index contributed by atoms with van der Waals surface area (Å²) in [6.45, 7) is 0. The lowest BCUT2D eigenvalue weighted by molar-refractivity contribution is 0.0698. The number of benzene rings is 3. The quantitative estimate of drug-likeness (QED) is 0.485. The van der Waals surface area contributed by atoms with Crippen LogP contribution in [0.25, 0.3) is 28.2 Å². The fourth-order valence-electron chi connectivity index (χ4n) is 3.06. The molecule has 0 spiro atoms. The van der Waals surface area contributed by atoms with E-state index in [2.05, 4.69) is 5.10 Å². The van der Waals surface area contributed by atoms with Crippen molar-refractivity contribution in [2.45, 2.75) is 0 Å². The van der Waals surface area contributed by atoms with Crippen molar-refractivity contribution in [2.24, 2.45) is 0 Å². The van der Waals surface area contributed by atoms with E-state index in [-0.39, 0.29) is 11.3 Å². The molecule has 3 aromatic carbocycles. The van der Waals surface area contributed by atoms with Crippen LogP contribution in [0.4, 0.5) is 4.39 Å². The molecule has 6 heteroatoms. The monoisotopic (exact) mass is 392 g/mol. The third-order valence-corrected chi connectivity index (χ3v) is 4.59. The molecular formula is C22H14ClFN2O2. The van der Waals surface area contributed by atoms with Gasteiger partial charge >= 0.3 is 5.97 Å². The van der Waals surface area contributed by atoms with E-state index in [1.54, 1.807) is 28.9 Å². The number of rotatable bonds is 4. The third-order valence-electron chi connectivity index (χ3n) is 4.34. The van der Waals surface area contributed by atoms with Gasteiger partial charge in [-0.25, -0.2) is 13.9 Å². The lowest BCUT2D eigenvalue weighted by atomic mass is 10.0. The van der Waals surface area contributed by atoms with E-state index < -0.39 is 11.8 Å². The second-order valence-corrected chi connectivity index (χ2v) is 6.57. The number of carboxylic acids is 1. The van der Waals surface area contributed by atoms with Crippen LogP contribution in [0.2, 0.25) is 5.02 Å². The minimum atomic E-state index is -1.11. The summed E-state index contributed by atoms with van der Waals surface area (Å²) in [5.74, 6) is -1.51. The first-order chi connectivity index (χ1) is 13.5. The Bertz CT molecular complexity index is 1140. The average Bonchev–Trinajstić information content (AvgIpc) is 3.11. The Labute approximate surface area is 165 Å². The summed E-state index contributed by atoms with van der Waals surface area (Å²) >= 11 is 5.99. The first-order valence-corrected chi connectivity index (χ1v) is 8.86. The van der Waals surface area contributed by atoms with Gasteiger partial charge in [-0.2, -0.15) is 5.10 Å². The molecule has 0 aliphatic carbocycles.